The summed E-state index contributed by atoms with van der Waals surface area (Å²) in [5, 5.41) is 3.11. The number of hydrogen-bond acceptors (Lipinski definition) is 2. The molecule has 132 valence electrons. The Morgan fingerprint density at radius 3 is 2.44 bits per heavy atom. The highest BCUT2D eigenvalue weighted by Gasteiger charge is 2.30. The van der Waals surface area contributed by atoms with Crippen LogP contribution in [-0.2, 0) is 11.2 Å². The molecule has 0 spiro atoms. The lowest BCUT2D eigenvalue weighted by molar-refractivity contribution is -0.122. The van der Waals surface area contributed by atoms with Crippen molar-refractivity contribution in [3.8, 4) is 16.9 Å². The third-order valence-electron chi connectivity index (χ3n) is 4.37. The standard InChI is InChI=1S/C22H27NO2/c1-15(2)25-21-6-4-5-20(14-21)18-9-7-17(8-10-18)13-16(3)23-22(24)19-11-12-19/h4-10,14-16,19H,11-13H2,1-3H3,(H,23,24). The van der Waals surface area contributed by atoms with E-state index in [1.165, 1.54) is 11.1 Å². The van der Waals surface area contributed by atoms with Gasteiger partial charge in [-0.05, 0) is 68.9 Å². The zero-order valence-corrected chi connectivity index (χ0v) is 15.3. The molecule has 25 heavy (non-hydrogen) atoms. The van der Waals surface area contributed by atoms with E-state index in [4.69, 9.17) is 4.74 Å². The fraction of sp³-hybridized carbons (Fsp3) is 0.409. The third kappa shape index (κ3) is 5.09. The molecule has 0 bridgehead atoms. The van der Waals surface area contributed by atoms with E-state index in [0.717, 1.165) is 30.6 Å². The molecule has 2 aromatic rings. The van der Waals surface area contributed by atoms with E-state index in [9.17, 15) is 4.79 Å². The van der Waals surface area contributed by atoms with Gasteiger partial charge < -0.3 is 10.1 Å². The minimum Gasteiger partial charge on any atom is -0.491 e. The second kappa shape index (κ2) is 7.73. The highest BCUT2D eigenvalue weighted by Crippen LogP contribution is 2.29. The van der Waals surface area contributed by atoms with Crippen molar-refractivity contribution in [2.24, 2.45) is 5.92 Å². The van der Waals surface area contributed by atoms with Crippen molar-refractivity contribution in [2.75, 3.05) is 0 Å². The van der Waals surface area contributed by atoms with Crippen molar-refractivity contribution in [1.82, 2.24) is 5.32 Å². The second-order valence-electron chi connectivity index (χ2n) is 7.28. The van der Waals surface area contributed by atoms with Crippen molar-refractivity contribution in [3.05, 3.63) is 54.1 Å². The monoisotopic (exact) mass is 337 g/mol. The number of hydrogen-bond donors (Lipinski definition) is 1. The average molecular weight is 337 g/mol. The lowest BCUT2D eigenvalue weighted by Crippen LogP contribution is -2.35. The van der Waals surface area contributed by atoms with E-state index in [0.29, 0.717) is 0 Å². The van der Waals surface area contributed by atoms with Gasteiger partial charge in [0.15, 0.2) is 0 Å². The summed E-state index contributed by atoms with van der Waals surface area (Å²) in [6, 6.07) is 16.9. The molecule has 1 unspecified atom stereocenters. The molecule has 1 N–H and O–H groups in total. The zero-order valence-electron chi connectivity index (χ0n) is 15.3. The quantitative estimate of drug-likeness (QED) is 0.802. The summed E-state index contributed by atoms with van der Waals surface area (Å²) in [4.78, 5) is 11.8. The first-order valence-corrected chi connectivity index (χ1v) is 9.17. The molecule has 0 aromatic heterocycles. The Balaban J connectivity index is 1.62. The molecule has 3 rings (SSSR count). The molecule has 3 nitrogen and oxygen atoms in total. The topological polar surface area (TPSA) is 38.3 Å². The Morgan fingerprint density at radius 2 is 1.80 bits per heavy atom. The van der Waals surface area contributed by atoms with Crippen LogP contribution in [-0.4, -0.2) is 18.1 Å². The van der Waals surface area contributed by atoms with E-state index in [2.05, 4.69) is 48.6 Å². The van der Waals surface area contributed by atoms with Crippen LogP contribution >= 0.6 is 0 Å². The van der Waals surface area contributed by atoms with Crippen LogP contribution in [0.15, 0.2) is 48.5 Å². The van der Waals surface area contributed by atoms with Crippen molar-refractivity contribution in [1.29, 1.82) is 0 Å². The molecule has 3 heteroatoms. The molecule has 0 heterocycles. The Labute approximate surface area is 150 Å². The van der Waals surface area contributed by atoms with Gasteiger partial charge in [0.1, 0.15) is 5.75 Å². The van der Waals surface area contributed by atoms with Crippen molar-refractivity contribution in [2.45, 2.75) is 52.2 Å². The summed E-state index contributed by atoms with van der Waals surface area (Å²) in [5.74, 6) is 1.38. The van der Waals surface area contributed by atoms with Crippen LogP contribution in [0, 0.1) is 5.92 Å². The Bertz CT molecular complexity index is 717. The molecule has 1 aliphatic carbocycles. The molecule has 1 aliphatic rings. The SMILES string of the molecule is CC(Cc1ccc(-c2cccc(OC(C)C)c2)cc1)NC(=O)C1CC1. The summed E-state index contributed by atoms with van der Waals surface area (Å²) < 4.78 is 5.77. The van der Waals surface area contributed by atoms with Gasteiger partial charge in [-0.2, -0.15) is 0 Å². The predicted octanol–water partition coefficient (Wildman–Crippen LogP) is 4.60. The molecule has 1 atom stereocenters. The molecule has 1 saturated carbocycles. The fourth-order valence-corrected chi connectivity index (χ4v) is 2.97. The van der Waals surface area contributed by atoms with E-state index in [1.807, 2.05) is 26.0 Å². The van der Waals surface area contributed by atoms with Gasteiger partial charge in [-0.1, -0.05) is 36.4 Å². The molecule has 2 aromatic carbocycles. The number of ether oxygens (including phenoxy) is 1. The molecular formula is C22H27NO2. The first-order chi connectivity index (χ1) is 12.0. The number of amides is 1. The maximum Gasteiger partial charge on any atom is 0.223 e. The number of benzene rings is 2. The van der Waals surface area contributed by atoms with Crippen molar-refractivity contribution >= 4 is 5.91 Å². The first-order valence-electron chi connectivity index (χ1n) is 9.17. The Kier molecular flexibility index (Phi) is 5.42. The number of rotatable bonds is 7. The summed E-state index contributed by atoms with van der Waals surface area (Å²) in [7, 11) is 0. The van der Waals surface area contributed by atoms with Crippen LogP contribution < -0.4 is 10.1 Å². The predicted molar refractivity (Wildman–Crippen MR) is 102 cm³/mol. The Hall–Kier alpha value is -2.29. The van der Waals surface area contributed by atoms with Crippen LogP contribution in [0.3, 0.4) is 0 Å². The smallest absolute Gasteiger partial charge is 0.223 e. The molecule has 1 amide bonds. The van der Waals surface area contributed by atoms with Crippen LogP contribution in [0.2, 0.25) is 0 Å². The second-order valence-corrected chi connectivity index (χ2v) is 7.28. The molecule has 1 fully saturated rings. The van der Waals surface area contributed by atoms with Gasteiger partial charge in [0.2, 0.25) is 5.91 Å². The van der Waals surface area contributed by atoms with E-state index >= 15 is 0 Å². The molecule has 0 aliphatic heterocycles. The van der Waals surface area contributed by atoms with E-state index in [1.54, 1.807) is 0 Å². The normalized spacial score (nSPS) is 15.0. The van der Waals surface area contributed by atoms with E-state index in [-0.39, 0.29) is 24.0 Å². The van der Waals surface area contributed by atoms with Crippen molar-refractivity contribution in [3.63, 3.8) is 0 Å². The summed E-state index contributed by atoms with van der Waals surface area (Å²) >= 11 is 0. The van der Waals surface area contributed by atoms with Gasteiger partial charge in [0.05, 0.1) is 6.10 Å². The van der Waals surface area contributed by atoms with Gasteiger partial charge in [-0.25, -0.2) is 0 Å². The third-order valence-corrected chi connectivity index (χ3v) is 4.37. The number of carbonyl (C=O) groups excluding carboxylic acids is 1. The minimum absolute atomic E-state index is 0.168. The van der Waals surface area contributed by atoms with Gasteiger partial charge in [-0.3, -0.25) is 4.79 Å². The lowest BCUT2D eigenvalue weighted by atomic mass is 10.0. The van der Waals surface area contributed by atoms with Crippen LogP contribution in [0.5, 0.6) is 5.75 Å². The fourth-order valence-electron chi connectivity index (χ4n) is 2.97. The van der Waals surface area contributed by atoms with Crippen LogP contribution in [0.1, 0.15) is 39.2 Å². The number of nitrogens with one attached hydrogen (secondary N) is 1. The van der Waals surface area contributed by atoms with E-state index < -0.39 is 0 Å². The first kappa shape index (κ1) is 17.5. The summed E-state index contributed by atoms with van der Waals surface area (Å²) in [6.45, 7) is 6.14. The lowest BCUT2D eigenvalue weighted by Gasteiger charge is -2.14. The maximum atomic E-state index is 11.8. The van der Waals surface area contributed by atoms with Crippen LogP contribution in [0.25, 0.3) is 11.1 Å². The van der Waals surface area contributed by atoms with Gasteiger partial charge in [-0.15, -0.1) is 0 Å². The summed E-state index contributed by atoms with van der Waals surface area (Å²) in [6.07, 6.45) is 3.12. The minimum atomic E-state index is 0.168. The Morgan fingerprint density at radius 1 is 1.08 bits per heavy atom. The van der Waals surface area contributed by atoms with Gasteiger partial charge in [0, 0.05) is 12.0 Å². The maximum absolute atomic E-state index is 11.8. The zero-order chi connectivity index (χ0) is 17.8. The molecule has 0 saturated heterocycles. The highest BCUT2D eigenvalue weighted by atomic mass is 16.5. The van der Waals surface area contributed by atoms with Gasteiger partial charge >= 0.3 is 0 Å². The van der Waals surface area contributed by atoms with Crippen molar-refractivity contribution < 1.29 is 9.53 Å². The summed E-state index contributed by atoms with van der Waals surface area (Å²) in [5.41, 5.74) is 3.56. The molecular weight excluding hydrogens is 310 g/mol. The van der Waals surface area contributed by atoms with Crippen LogP contribution in [0.4, 0.5) is 0 Å². The van der Waals surface area contributed by atoms with Gasteiger partial charge in [0.25, 0.3) is 0 Å². The number of carbonyl (C=O) groups is 1. The largest absolute Gasteiger partial charge is 0.491 e. The highest BCUT2D eigenvalue weighted by molar-refractivity contribution is 5.81. The molecule has 0 radical (unpaired) electrons. The average Bonchev–Trinajstić information content (AvgIpc) is 3.40.